The summed E-state index contributed by atoms with van der Waals surface area (Å²) in [5.74, 6) is -0.326. The predicted octanol–water partition coefficient (Wildman–Crippen LogP) is 3.11. The molecule has 0 spiro atoms. The van der Waals surface area contributed by atoms with Crippen molar-refractivity contribution in [1.29, 1.82) is 0 Å². The third kappa shape index (κ3) is 2.80. The number of nitrogens with zero attached hydrogens (tertiary/aromatic N) is 4. The molecule has 0 saturated carbocycles. The molecule has 0 bridgehead atoms. The summed E-state index contributed by atoms with van der Waals surface area (Å²) < 4.78 is 15.5. The van der Waals surface area contributed by atoms with Crippen LogP contribution in [0.3, 0.4) is 0 Å². The van der Waals surface area contributed by atoms with Crippen molar-refractivity contribution < 1.29 is 9.18 Å². The molecule has 1 amide bonds. The van der Waals surface area contributed by atoms with E-state index in [1.807, 2.05) is 25.1 Å². The molecule has 0 N–H and O–H groups in total. The van der Waals surface area contributed by atoms with Crippen LogP contribution in [0.4, 0.5) is 4.39 Å². The molecule has 2 aromatic heterocycles. The van der Waals surface area contributed by atoms with Crippen molar-refractivity contribution in [2.75, 3.05) is 13.1 Å². The third-order valence-corrected chi connectivity index (χ3v) is 4.45. The van der Waals surface area contributed by atoms with E-state index >= 15 is 0 Å². The second kappa shape index (κ2) is 6.12. The van der Waals surface area contributed by atoms with Crippen LogP contribution in [0.1, 0.15) is 28.0 Å². The summed E-state index contributed by atoms with van der Waals surface area (Å²) in [5.41, 5.74) is 3.45. The van der Waals surface area contributed by atoms with Crippen LogP contribution in [-0.2, 0) is 0 Å². The molecule has 3 aromatic rings. The van der Waals surface area contributed by atoms with Gasteiger partial charge in [0.25, 0.3) is 5.91 Å². The molecule has 1 aromatic carbocycles. The Kier molecular flexibility index (Phi) is 3.80. The van der Waals surface area contributed by atoms with Gasteiger partial charge in [-0.25, -0.2) is 13.9 Å². The minimum Gasteiger partial charge on any atom is -0.334 e. The molecule has 0 aliphatic carbocycles. The van der Waals surface area contributed by atoms with Crippen molar-refractivity contribution in [2.24, 2.45) is 0 Å². The van der Waals surface area contributed by atoms with Crippen molar-refractivity contribution in [3.05, 3.63) is 71.4 Å². The number of rotatable bonds is 2. The highest BCUT2D eigenvalue weighted by Crippen LogP contribution is 2.25. The monoisotopic (exact) mass is 336 g/mol. The largest absolute Gasteiger partial charge is 0.334 e. The molecular formula is C19H17FN4O. The lowest BCUT2D eigenvalue weighted by Gasteiger charge is -2.26. The SMILES string of the molecule is Cc1ccn2ncc(C(=O)N3CC=C(c4ccccc4F)CC3)c2n1. The maximum Gasteiger partial charge on any atom is 0.259 e. The minimum atomic E-state index is -0.226. The van der Waals surface area contributed by atoms with E-state index in [1.165, 1.54) is 6.07 Å². The lowest BCUT2D eigenvalue weighted by atomic mass is 9.99. The molecule has 126 valence electrons. The van der Waals surface area contributed by atoms with Gasteiger partial charge >= 0.3 is 0 Å². The molecule has 3 heterocycles. The number of aromatic nitrogens is 3. The van der Waals surface area contributed by atoms with Gasteiger partial charge in [-0.1, -0.05) is 24.3 Å². The summed E-state index contributed by atoms with van der Waals surface area (Å²) in [6.07, 6.45) is 5.89. The van der Waals surface area contributed by atoms with E-state index in [9.17, 15) is 9.18 Å². The van der Waals surface area contributed by atoms with E-state index in [-0.39, 0.29) is 11.7 Å². The van der Waals surface area contributed by atoms with Crippen LogP contribution >= 0.6 is 0 Å². The Labute approximate surface area is 144 Å². The van der Waals surface area contributed by atoms with Crippen LogP contribution in [0.2, 0.25) is 0 Å². The number of hydrogen-bond donors (Lipinski definition) is 0. The molecule has 0 radical (unpaired) electrons. The molecule has 0 saturated heterocycles. The Hall–Kier alpha value is -3.02. The van der Waals surface area contributed by atoms with Crippen LogP contribution < -0.4 is 0 Å². The van der Waals surface area contributed by atoms with E-state index < -0.39 is 0 Å². The summed E-state index contributed by atoms with van der Waals surface area (Å²) in [6.45, 7) is 2.87. The van der Waals surface area contributed by atoms with E-state index in [1.54, 1.807) is 33.9 Å². The van der Waals surface area contributed by atoms with Crippen LogP contribution in [0.5, 0.6) is 0 Å². The van der Waals surface area contributed by atoms with Gasteiger partial charge in [0.2, 0.25) is 0 Å². The van der Waals surface area contributed by atoms with Crippen molar-refractivity contribution in [2.45, 2.75) is 13.3 Å². The molecule has 5 nitrogen and oxygen atoms in total. The van der Waals surface area contributed by atoms with E-state index in [0.29, 0.717) is 36.3 Å². The molecule has 1 aliphatic heterocycles. The van der Waals surface area contributed by atoms with Gasteiger partial charge in [-0.05, 0) is 31.1 Å². The van der Waals surface area contributed by atoms with Gasteiger partial charge in [0.1, 0.15) is 11.4 Å². The van der Waals surface area contributed by atoms with Gasteiger partial charge < -0.3 is 4.90 Å². The fourth-order valence-corrected chi connectivity index (χ4v) is 3.10. The molecular weight excluding hydrogens is 319 g/mol. The Morgan fingerprint density at radius 1 is 1.24 bits per heavy atom. The van der Waals surface area contributed by atoms with E-state index in [2.05, 4.69) is 10.1 Å². The van der Waals surface area contributed by atoms with Gasteiger partial charge in [0.05, 0.1) is 6.20 Å². The number of aryl methyl sites for hydroxylation is 1. The highest BCUT2D eigenvalue weighted by atomic mass is 19.1. The van der Waals surface area contributed by atoms with Gasteiger partial charge in [0, 0.05) is 30.5 Å². The third-order valence-electron chi connectivity index (χ3n) is 4.45. The zero-order chi connectivity index (χ0) is 17.4. The topological polar surface area (TPSA) is 50.5 Å². The molecule has 0 unspecified atom stereocenters. The Bertz CT molecular complexity index is 992. The molecule has 6 heteroatoms. The quantitative estimate of drug-likeness (QED) is 0.722. The maximum absolute atomic E-state index is 13.9. The Balaban J connectivity index is 1.58. The zero-order valence-electron chi connectivity index (χ0n) is 13.8. The van der Waals surface area contributed by atoms with Crippen LogP contribution in [0.25, 0.3) is 11.2 Å². The number of carbonyl (C=O) groups excluding carboxylic acids is 1. The van der Waals surface area contributed by atoms with Crippen molar-refractivity contribution in [3.63, 3.8) is 0 Å². The number of fused-ring (bicyclic) bond motifs is 1. The first-order chi connectivity index (χ1) is 12.1. The first-order valence-electron chi connectivity index (χ1n) is 8.17. The van der Waals surface area contributed by atoms with Crippen molar-refractivity contribution >= 4 is 17.1 Å². The van der Waals surface area contributed by atoms with Crippen LogP contribution in [-0.4, -0.2) is 38.5 Å². The predicted molar refractivity (Wildman–Crippen MR) is 92.6 cm³/mol. The standard InChI is InChI=1S/C19H17FN4O/c1-13-6-11-24-18(22-13)16(12-21-24)19(25)23-9-7-14(8-10-23)15-4-2-3-5-17(15)20/h2-7,11-12H,8-10H2,1H3. The summed E-state index contributed by atoms with van der Waals surface area (Å²) in [5, 5.41) is 4.19. The van der Waals surface area contributed by atoms with Crippen LogP contribution in [0.15, 0.2) is 48.8 Å². The number of benzene rings is 1. The lowest BCUT2D eigenvalue weighted by Crippen LogP contribution is -2.34. The average Bonchev–Trinajstić information content (AvgIpc) is 3.05. The van der Waals surface area contributed by atoms with Gasteiger partial charge in [-0.2, -0.15) is 5.10 Å². The first-order valence-corrected chi connectivity index (χ1v) is 8.17. The number of hydrogen-bond acceptors (Lipinski definition) is 3. The van der Waals surface area contributed by atoms with Crippen molar-refractivity contribution in [3.8, 4) is 0 Å². The molecule has 0 atom stereocenters. The fourth-order valence-electron chi connectivity index (χ4n) is 3.10. The number of amides is 1. The molecule has 0 fully saturated rings. The molecule has 25 heavy (non-hydrogen) atoms. The average molecular weight is 336 g/mol. The highest BCUT2D eigenvalue weighted by molar-refractivity contribution is 6.00. The molecule has 4 rings (SSSR count). The number of carbonyl (C=O) groups is 1. The highest BCUT2D eigenvalue weighted by Gasteiger charge is 2.23. The Morgan fingerprint density at radius 3 is 2.84 bits per heavy atom. The van der Waals surface area contributed by atoms with Crippen LogP contribution in [0, 0.1) is 12.7 Å². The smallest absolute Gasteiger partial charge is 0.259 e. The summed E-state index contributed by atoms with van der Waals surface area (Å²) in [4.78, 5) is 19.0. The van der Waals surface area contributed by atoms with Crippen molar-refractivity contribution in [1.82, 2.24) is 19.5 Å². The summed E-state index contributed by atoms with van der Waals surface area (Å²) in [7, 11) is 0. The van der Waals surface area contributed by atoms with E-state index in [4.69, 9.17) is 0 Å². The minimum absolute atomic E-state index is 0.100. The van der Waals surface area contributed by atoms with Gasteiger partial charge in [-0.15, -0.1) is 0 Å². The van der Waals surface area contributed by atoms with Gasteiger partial charge in [-0.3, -0.25) is 4.79 Å². The maximum atomic E-state index is 13.9. The van der Waals surface area contributed by atoms with Gasteiger partial charge in [0.15, 0.2) is 5.65 Å². The summed E-state index contributed by atoms with van der Waals surface area (Å²) in [6, 6.07) is 8.58. The lowest BCUT2D eigenvalue weighted by molar-refractivity contribution is 0.0774. The molecule has 1 aliphatic rings. The first kappa shape index (κ1) is 15.5. The normalized spacial score (nSPS) is 14.6. The second-order valence-corrected chi connectivity index (χ2v) is 6.11. The second-order valence-electron chi connectivity index (χ2n) is 6.11. The fraction of sp³-hybridized carbons (Fsp3) is 0.211. The number of halogens is 1. The Morgan fingerprint density at radius 2 is 2.08 bits per heavy atom. The summed E-state index contributed by atoms with van der Waals surface area (Å²) >= 11 is 0. The zero-order valence-corrected chi connectivity index (χ0v) is 13.8. The van der Waals surface area contributed by atoms with E-state index in [0.717, 1.165) is 11.3 Å².